The molecule has 0 amide bonds. The van der Waals surface area contributed by atoms with Crippen molar-refractivity contribution < 1.29 is 0 Å². The summed E-state index contributed by atoms with van der Waals surface area (Å²) in [5.74, 6) is 0. The van der Waals surface area contributed by atoms with E-state index in [0.717, 1.165) is 5.02 Å². The Balaban J connectivity index is 1.79. The maximum absolute atomic E-state index is 5.88. The van der Waals surface area contributed by atoms with Gasteiger partial charge >= 0.3 is 0 Å². The molecule has 0 aliphatic carbocycles. The molecule has 2 heteroatoms. The number of rotatable bonds is 2. The molecule has 0 N–H and O–H groups in total. The molecule has 2 atom stereocenters. The fourth-order valence-corrected chi connectivity index (χ4v) is 3.21. The molecule has 0 radical (unpaired) electrons. The molecule has 1 saturated heterocycles. The molecule has 3 rings (SSSR count). The van der Waals surface area contributed by atoms with Gasteiger partial charge in [-0.1, -0.05) is 54.1 Å². The largest absolute Gasteiger partial charge is 0.143 e. The van der Waals surface area contributed by atoms with Gasteiger partial charge in [-0.25, -0.2) is 0 Å². The summed E-state index contributed by atoms with van der Waals surface area (Å²) in [5.41, 5.74) is 2.80. The quantitative estimate of drug-likeness (QED) is 0.682. The van der Waals surface area contributed by atoms with E-state index in [2.05, 4.69) is 42.5 Å². The summed E-state index contributed by atoms with van der Waals surface area (Å²) in [6.07, 6.45) is 0. The Labute approximate surface area is 105 Å². The smallest absolute Gasteiger partial charge is 0.0463 e. The molecule has 1 heterocycles. The molecule has 0 spiro atoms. The summed E-state index contributed by atoms with van der Waals surface area (Å²) in [6, 6.07) is 18.9. The van der Waals surface area contributed by atoms with E-state index < -0.39 is 0 Å². The molecule has 2 aromatic carbocycles. The van der Waals surface area contributed by atoms with Crippen molar-refractivity contribution in [2.45, 2.75) is 10.5 Å². The molecule has 1 aliphatic heterocycles. The first kappa shape index (κ1) is 10.2. The van der Waals surface area contributed by atoms with Gasteiger partial charge in [0.05, 0.1) is 0 Å². The van der Waals surface area contributed by atoms with Crippen LogP contribution in [0.3, 0.4) is 0 Å². The van der Waals surface area contributed by atoms with Crippen LogP contribution in [0.2, 0.25) is 5.02 Å². The van der Waals surface area contributed by atoms with Crippen LogP contribution in [0, 0.1) is 0 Å². The lowest BCUT2D eigenvalue weighted by Gasteiger charge is -1.99. The predicted molar refractivity (Wildman–Crippen MR) is 71.0 cm³/mol. The first-order valence-electron chi connectivity index (χ1n) is 5.30. The maximum Gasteiger partial charge on any atom is 0.0463 e. The lowest BCUT2D eigenvalue weighted by molar-refractivity contribution is 1.03. The highest BCUT2D eigenvalue weighted by Gasteiger charge is 2.40. The molecule has 1 fully saturated rings. The van der Waals surface area contributed by atoms with Gasteiger partial charge in [-0.15, -0.1) is 11.8 Å². The fourth-order valence-electron chi connectivity index (χ4n) is 1.91. The molecule has 2 aromatic rings. The van der Waals surface area contributed by atoms with Crippen molar-refractivity contribution in [2.24, 2.45) is 0 Å². The van der Waals surface area contributed by atoms with E-state index in [-0.39, 0.29) is 0 Å². The van der Waals surface area contributed by atoms with Crippen LogP contribution in [0.5, 0.6) is 0 Å². The number of hydrogen-bond donors (Lipinski definition) is 0. The molecule has 0 saturated carbocycles. The molecular weight excluding hydrogens is 236 g/mol. The van der Waals surface area contributed by atoms with E-state index in [1.807, 2.05) is 23.9 Å². The first-order valence-corrected chi connectivity index (χ1v) is 6.62. The second-order valence-electron chi connectivity index (χ2n) is 3.94. The van der Waals surface area contributed by atoms with Crippen LogP contribution in [-0.2, 0) is 0 Å². The van der Waals surface area contributed by atoms with Crippen molar-refractivity contribution >= 4 is 23.4 Å². The van der Waals surface area contributed by atoms with Crippen molar-refractivity contribution in [3.05, 3.63) is 70.7 Å². The molecule has 80 valence electrons. The molecule has 0 nitrogen and oxygen atoms in total. The van der Waals surface area contributed by atoms with Crippen LogP contribution in [0.4, 0.5) is 0 Å². The van der Waals surface area contributed by atoms with E-state index in [1.165, 1.54) is 11.1 Å². The zero-order valence-electron chi connectivity index (χ0n) is 8.64. The third kappa shape index (κ3) is 1.98. The van der Waals surface area contributed by atoms with E-state index in [1.54, 1.807) is 0 Å². The van der Waals surface area contributed by atoms with E-state index >= 15 is 0 Å². The van der Waals surface area contributed by atoms with Crippen LogP contribution in [-0.4, -0.2) is 0 Å². The highest BCUT2D eigenvalue weighted by molar-refractivity contribution is 8.06. The van der Waals surface area contributed by atoms with Gasteiger partial charge in [-0.2, -0.15) is 0 Å². The Morgan fingerprint density at radius 3 is 1.94 bits per heavy atom. The Morgan fingerprint density at radius 1 is 0.750 bits per heavy atom. The first-order chi connectivity index (χ1) is 7.84. The molecule has 2 unspecified atom stereocenters. The number of hydrogen-bond acceptors (Lipinski definition) is 1. The standard InChI is InChI=1S/C14H11ClS/c15-12-8-6-11(7-9-12)14-13(16-14)10-4-2-1-3-5-10/h1-9,13-14H. The zero-order valence-corrected chi connectivity index (χ0v) is 10.2. The van der Waals surface area contributed by atoms with Crippen molar-refractivity contribution in [1.29, 1.82) is 0 Å². The van der Waals surface area contributed by atoms with Crippen molar-refractivity contribution in [1.82, 2.24) is 0 Å². The van der Waals surface area contributed by atoms with Crippen LogP contribution in [0.25, 0.3) is 0 Å². The van der Waals surface area contributed by atoms with Crippen molar-refractivity contribution in [2.75, 3.05) is 0 Å². The molecule has 0 aromatic heterocycles. The topological polar surface area (TPSA) is 0 Å². The highest BCUT2D eigenvalue weighted by atomic mass is 35.5. The summed E-state index contributed by atoms with van der Waals surface area (Å²) < 4.78 is 0. The van der Waals surface area contributed by atoms with Gasteiger partial charge in [0.2, 0.25) is 0 Å². The monoisotopic (exact) mass is 246 g/mol. The van der Waals surface area contributed by atoms with Crippen LogP contribution < -0.4 is 0 Å². The van der Waals surface area contributed by atoms with Gasteiger partial charge in [-0.05, 0) is 23.3 Å². The Bertz CT molecular complexity index is 478. The lowest BCUT2D eigenvalue weighted by atomic mass is 10.0. The molecule has 1 aliphatic rings. The average Bonchev–Trinajstić information content (AvgIpc) is 3.11. The second-order valence-corrected chi connectivity index (χ2v) is 5.66. The third-order valence-corrected chi connectivity index (χ3v) is 4.43. The fraction of sp³-hybridized carbons (Fsp3) is 0.143. The zero-order chi connectivity index (χ0) is 11.0. The Kier molecular flexibility index (Phi) is 2.66. The Morgan fingerprint density at radius 2 is 1.31 bits per heavy atom. The number of benzene rings is 2. The van der Waals surface area contributed by atoms with E-state index in [4.69, 9.17) is 11.6 Å². The summed E-state index contributed by atoms with van der Waals surface area (Å²) in [4.78, 5) is 0. The molecule has 0 bridgehead atoms. The molecule has 16 heavy (non-hydrogen) atoms. The molecular formula is C14H11ClS. The second kappa shape index (κ2) is 4.15. The van der Waals surface area contributed by atoms with Gasteiger partial charge < -0.3 is 0 Å². The van der Waals surface area contributed by atoms with E-state index in [9.17, 15) is 0 Å². The summed E-state index contributed by atoms with van der Waals surface area (Å²) >= 11 is 7.89. The SMILES string of the molecule is Clc1ccc(C2SC2c2ccccc2)cc1. The van der Waals surface area contributed by atoms with Crippen molar-refractivity contribution in [3.8, 4) is 0 Å². The summed E-state index contributed by atoms with van der Waals surface area (Å²) in [5, 5.41) is 2.05. The summed E-state index contributed by atoms with van der Waals surface area (Å²) in [7, 11) is 0. The van der Waals surface area contributed by atoms with Gasteiger partial charge in [0.25, 0.3) is 0 Å². The minimum Gasteiger partial charge on any atom is -0.143 e. The lowest BCUT2D eigenvalue weighted by Crippen LogP contribution is -1.83. The van der Waals surface area contributed by atoms with E-state index in [0.29, 0.717) is 10.5 Å². The van der Waals surface area contributed by atoms with Crippen molar-refractivity contribution in [3.63, 3.8) is 0 Å². The predicted octanol–water partition coefficient (Wildman–Crippen LogP) is 4.87. The number of thioether (sulfide) groups is 1. The third-order valence-electron chi connectivity index (χ3n) is 2.82. The minimum absolute atomic E-state index is 0.611. The number of halogens is 1. The normalized spacial score (nSPS) is 23.1. The van der Waals surface area contributed by atoms with Gasteiger partial charge in [-0.3, -0.25) is 0 Å². The Hall–Kier alpha value is -0.920. The maximum atomic E-state index is 5.88. The minimum atomic E-state index is 0.611. The average molecular weight is 247 g/mol. The van der Waals surface area contributed by atoms with Crippen LogP contribution in [0.15, 0.2) is 54.6 Å². The summed E-state index contributed by atoms with van der Waals surface area (Å²) in [6.45, 7) is 0. The van der Waals surface area contributed by atoms with Gasteiger partial charge in [0, 0.05) is 15.5 Å². The van der Waals surface area contributed by atoms with Crippen LogP contribution >= 0.6 is 23.4 Å². The highest BCUT2D eigenvalue weighted by Crippen LogP contribution is 2.65. The van der Waals surface area contributed by atoms with Gasteiger partial charge in [0.15, 0.2) is 0 Å². The van der Waals surface area contributed by atoms with Gasteiger partial charge in [0.1, 0.15) is 0 Å². The van der Waals surface area contributed by atoms with Crippen LogP contribution in [0.1, 0.15) is 21.6 Å².